The number of hydrogen-bond acceptors (Lipinski definition) is 3. The van der Waals surface area contributed by atoms with Crippen molar-refractivity contribution in [3.63, 3.8) is 0 Å². The van der Waals surface area contributed by atoms with E-state index in [1.165, 1.54) is 0 Å². The maximum Gasteiger partial charge on any atom is 0.236 e. The molecule has 3 N–H and O–H groups in total. The van der Waals surface area contributed by atoms with Crippen LogP contribution in [0.4, 0.5) is 0 Å². The third-order valence-electron chi connectivity index (χ3n) is 2.57. The number of nitrogens with two attached hydrogens (primary N) is 1. The van der Waals surface area contributed by atoms with Crippen molar-refractivity contribution in [1.29, 1.82) is 0 Å². The zero-order valence-electron chi connectivity index (χ0n) is 10.4. The van der Waals surface area contributed by atoms with Gasteiger partial charge in [-0.1, -0.05) is 19.4 Å². The average Bonchev–Trinajstić information content (AvgIpc) is 2.36. The van der Waals surface area contributed by atoms with E-state index in [1.807, 2.05) is 25.1 Å². The van der Waals surface area contributed by atoms with Gasteiger partial charge in [0, 0.05) is 18.4 Å². The van der Waals surface area contributed by atoms with E-state index in [4.69, 9.17) is 5.73 Å². The van der Waals surface area contributed by atoms with Gasteiger partial charge in [-0.05, 0) is 31.4 Å². The highest BCUT2D eigenvalue weighted by Crippen LogP contribution is 1.98. The van der Waals surface area contributed by atoms with Crippen LogP contribution in [0.3, 0.4) is 0 Å². The Morgan fingerprint density at radius 2 is 2.35 bits per heavy atom. The van der Waals surface area contributed by atoms with Crippen LogP contribution in [0.2, 0.25) is 0 Å². The molecule has 0 saturated heterocycles. The fourth-order valence-corrected chi connectivity index (χ4v) is 1.60. The second-order valence-electron chi connectivity index (χ2n) is 4.11. The molecule has 1 rings (SSSR count). The first-order valence-electron chi connectivity index (χ1n) is 6.17. The van der Waals surface area contributed by atoms with Gasteiger partial charge >= 0.3 is 0 Å². The van der Waals surface area contributed by atoms with Crippen LogP contribution in [0.1, 0.15) is 31.9 Å². The van der Waals surface area contributed by atoms with Crippen molar-refractivity contribution in [2.24, 2.45) is 5.73 Å². The summed E-state index contributed by atoms with van der Waals surface area (Å²) >= 11 is 0. The summed E-state index contributed by atoms with van der Waals surface area (Å²) in [7, 11) is 0. The molecule has 94 valence electrons. The molecule has 1 atom stereocenters. The van der Waals surface area contributed by atoms with Crippen LogP contribution in [0.5, 0.6) is 0 Å². The molecule has 1 aromatic heterocycles. The quantitative estimate of drug-likeness (QED) is 0.699. The summed E-state index contributed by atoms with van der Waals surface area (Å²) in [4.78, 5) is 15.7. The van der Waals surface area contributed by atoms with Gasteiger partial charge in [-0.3, -0.25) is 9.78 Å². The summed E-state index contributed by atoms with van der Waals surface area (Å²) in [5.74, 6) is -0.0483. The van der Waals surface area contributed by atoms with Crippen molar-refractivity contribution in [2.75, 3.05) is 6.54 Å². The number of hydrogen-bond donors (Lipinski definition) is 2. The van der Waals surface area contributed by atoms with Crippen molar-refractivity contribution in [2.45, 2.75) is 38.6 Å². The molecule has 1 unspecified atom stereocenters. The Balaban J connectivity index is 2.14. The van der Waals surface area contributed by atoms with Crippen LogP contribution in [-0.4, -0.2) is 23.5 Å². The van der Waals surface area contributed by atoms with Gasteiger partial charge in [0.2, 0.25) is 5.91 Å². The molecule has 0 fully saturated rings. The number of nitrogens with zero attached hydrogens (tertiary/aromatic N) is 1. The summed E-state index contributed by atoms with van der Waals surface area (Å²) in [6, 6.07) is 5.49. The molecular formula is C13H21N3O. The Morgan fingerprint density at radius 1 is 1.53 bits per heavy atom. The van der Waals surface area contributed by atoms with Crippen molar-refractivity contribution in [1.82, 2.24) is 10.3 Å². The van der Waals surface area contributed by atoms with E-state index in [-0.39, 0.29) is 11.9 Å². The molecule has 4 nitrogen and oxygen atoms in total. The summed E-state index contributed by atoms with van der Waals surface area (Å²) in [6.07, 6.45) is 5.23. The van der Waals surface area contributed by atoms with E-state index in [0.717, 1.165) is 31.4 Å². The van der Waals surface area contributed by atoms with Crippen LogP contribution < -0.4 is 11.1 Å². The molecule has 0 aliphatic carbocycles. The van der Waals surface area contributed by atoms with E-state index in [1.54, 1.807) is 6.20 Å². The van der Waals surface area contributed by atoms with Gasteiger partial charge in [-0.25, -0.2) is 0 Å². The van der Waals surface area contributed by atoms with Crippen LogP contribution in [-0.2, 0) is 11.2 Å². The van der Waals surface area contributed by atoms with Gasteiger partial charge in [-0.15, -0.1) is 0 Å². The van der Waals surface area contributed by atoms with Gasteiger partial charge < -0.3 is 11.1 Å². The first-order chi connectivity index (χ1) is 8.24. The van der Waals surface area contributed by atoms with Crippen molar-refractivity contribution >= 4 is 5.91 Å². The number of aryl methyl sites for hydroxylation is 1. The Bertz CT molecular complexity index is 327. The predicted octanol–water partition coefficient (Wildman–Crippen LogP) is 1.26. The van der Waals surface area contributed by atoms with Crippen LogP contribution in [0, 0.1) is 0 Å². The lowest BCUT2D eigenvalue weighted by molar-refractivity contribution is -0.122. The predicted molar refractivity (Wildman–Crippen MR) is 68.5 cm³/mol. The molecule has 1 aromatic rings. The SMILES string of the molecule is CCCC(N)C(=O)NCCCc1ccccn1. The van der Waals surface area contributed by atoms with Gasteiger partial charge in [0.05, 0.1) is 6.04 Å². The number of pyridine rings is 1. The normalized spacial score (nSPS) is 12.1. The number of amides is 1. The molecule has 0 aliphatic heterocycles. The third-order valence-corrected chi connectivity index (χ3v) is 2.57. The maximum absolute atomic E-state index is 11.5. The molecular weight excluding hydrogens is 214 g/mol. The first-order valence-corrected chi connectivity index (χ1v) is 6.17. The first kappa shape index (κ1) is 13.6. The largest absolute Gasteiger partial charge is 0.355 e. The lowest BCUT2D eigenvalue weighted by atomic mass is 10.1. The third kappa shape index (κ3) is 5.45. The summed E-state index contributed by atoms with van der Waals surface area (Å²) in [5.41, 5.74) is 6.75. The van der Waals surface area contributed by atoms with Crippen LogP contribution in [0.25, 0.3) is 0 Å². The van der Waals surface area contributed by atoms with Gasteiger partial charge in [0.15, 0.2) is 0 Å². The summed E-state index contributed by atoms with van der Waals surface area (Å²) < 4.78 is 0. The molecule has 0 bridgehead atoms. The van der Waals surface area contributed by atoms with Gasteiger partial charge in [0.25, 0.3) is 0 Å². The molecule has 0 radical (unpaired) electrons. The number of nitrogens with one attached hydrogen (secondary N) is 1. The van der Waals surface area contributed by atoms with Gasteiger partial charge in [0.1, 0.15) is 0 Å². The van der Waals surface area contributed by atoms with E-state index in [0.29, 0.717) is 6.54 Å². The van der Waals surface area contributed by atoms with E-state index in [2.05, 4.69) is 10.3 Å². The lowest BCUT2D eigenvalue weighted by Crippen LogP contribution is -2.40. The Hall–Kier alpha value is -1.42. The van der Waals surface area contributed by atoms with Crippen molar-refractivity contribution in [3.8, 4) is 0 Å². The second kappa shape index (κ2) is 7.79. The van der Waals surface area contributed by atoms with E-state index < -0.39 is 0 Å². The Labute approximate surface area is 103 Å². The zero-order valence-corrected chi connectivity index (χ0v) is 10.4. The Kier molecular flexibility index (Phi) is 6.25. The van der Waals surface area contributed by atoms with Crippen molar-refractivity contribution in [3.05, 3.63) is 30.1 Å². The minimum absolute atomic E-state index is 0.0483. The molecule has 1 heterocycles. The highest BCUT2D eigenvalue weighted by atomic mass is 16.2. The highest BCUT2D eigenvalue weighted by Gasteiger charge is 2.10. The fourth-order valence-electron chi connectivity index (χ4n) is 1.60. The van der Waals surface area contributed by atoms with Crippen LogP contribution >= 0.6 is 0 Å². The number of carbonyl (C=O) groups is 1. The molecule has 0 spiro atoms. The minimum Gasteiger partial charge on any atom is -0.355 e. The maximum atomic E-state index is 11.5. The minimum atomic E-state index is -0.366. The fraction of sp³-hybridized carbons (Fsp3) is 0.538. The molecule has 4 heteroatoms. The van der Waals surface area contributed by atoms with E-state index >= 15 is 0 Å². The van der Waals surface area contributed by atoms with Gasteiger partial charge in [-0.2, -0.15) is 0 Å². The number of carbonyl (C=O) groups excluding carboxylic acids is 1. The molecule has 1 amide bonds. The molecule has 17 heavy (non-hydrogen) atoms. The average molecular weight is 235 g/mol. The molecule has 0 aliphatic rings. The van der Waals surface area contributed by atoms with Crippen molar-refractivity contribution < 1.29 is 4.79 Å². The highest BCUT2D eigenvalue weighted by molar-refractivity contribution is 5.81. The lowest BCUT2D eigenvalue weighted by Gasteiger charge is -2.10. The van der Waals surface area contributed by atoms with E-state index in [9.17, 15) is 4.79 Å². The topological polar surface area (TPSA) is 68.0 Å². The molecule has 0 saturated carbocycles. The summed E-state index contributed by atoms with van der Waals surface area (Å²) in [5, 5.41) is 2.85. The second-order valence-corrected chi connectivity index (χ2v) is 4.11. The number of rotatable bonds is 7. The standard InChI is InChI=1S/C13H21N3O/c1-2-6-12(14)13(17)16-10-5-8-11-7-3-4-9-15-11/h3-4,7,9,12H,2,5-6,8,10,14H2,1H3,(H,16,17). The Morgan fingerprint density at radius 3 is 3.00 bits per heavy atom. The van der Waals surface area contributed by atoms with Crippen LogP contribution in [0.15, 0.2) is 24.4 Å². The smallest absolute Gasteiger partial charge is 0.236 e. The monoisotopic (exact) mass is 235 g/mol. The zero-order chi connectivity index (χ0) is 12.5. The molecule has 0 aromatic carbocycles. The summed E-state index contributed by atoms with van der Waals surface area (Å²) in [6.45, 7) is 2.68. The number of aromatic nitrogens is 1.